The van der Waals surface area contributed by atoms with Crippen molar-refractivity contribution in [1.82, 2.24) is 9.78 Å². The van der Waals surface area contributed by atoms with E-state index in [1.54, 1.807) is 0 Å². The van der Waals surface area contributed by atoms with Gasteiger partial charge in [0.25, 0.3) is 0 Å². The first-order chi connectivity index (χ1) is 5.41. The molecule has 3 rings (SSSR count). The number of ether oxygens (including phenoxy) is 1. The van der Waals surface area contributed by atoms with Crippen molar-refractivity contribution in [2.75, 3.05) is 6.61 Å². The Balaban J connectivity index is 2.16. The smallest absolute Gasteiger partial charge is 0.110 e. The second-order valence-electron chi connectivity index (χ2n) is 3.28. The van der Waals surface area contributed by atoms with Crippen molar-refractivity contribution in [3.8, 4) is 0 Å². The first-order valence-corrected chi connectivity index (χ1v) is 4.07. The van der Waals surface area contributed by atoms with E-state index in [1.807, 2.05) is 6.20 Å². The molecule has 0 aromatic carbocycles. The minimum Gasteiger partial charge on any atom is -0.367 e. The van der Waals surface area contributed by atoms with Gasteiger partial charge in [-0.1, -0.05) is 0 Å². The summed E-state index contributed by atoms with van der Waals surface area (Å²) in [6.45, 7) is 1.75. The van der Waals surface area contributed by atoms with E-state index in [0.29, 0.717) is 0 Å². The van der Waals surface area contributed by atoms with Gasteiger partial charge in [0, 0.05) is 6.20 Å². The predicted octanol–water partition coefficient (Wildman–Crippen LogP) is 0.902. The maximum Gasteiger partial charge on any atom is 0.110 e. The minimum absolute atomic E-state index is 0.0920. The summed E-state index contributed by atoms with van der Waals surface area (Å²) in [5, 5.41) is 4.23. The Bertz CT molecular complexity index is 288. The van der Waals surface area contributed by atoms with E-state index >= 15 is 0 Å². The molecule has 0 unspecified atom stereocenters. The van der Waals surface area contributed by atoms with Crippen molar-refractivity contribution in [2.24, 2.45) is 0 Å². The molecule has 2 aliphatic rings. The van der Waals surface area contributed by atoms with E-state index in [0.717, 1.165) is 13.2 Å². The topological polar surface area (TPSA) is 27.1 Å². The van der Waals surface area contributed by atoms with Gasteiger partial charge in [0.1, 0.15) is 5.60 Å². The van der Waals surface area contributed by atoms with Gasteiger partial charge >= 0.3 is 0 Å². The lowest BCUT2D eigenvalue weighted by Crippen LogP contribution is -2.27. The summed E-state index contributed by atoms with van der Waals surface area (Å²) < 4.78 is 7.77. The molecular formula is C8H10N2O. The third-order valence-corrected chi connectivity index (χ3v) is 2.57. The summed E-state index contributed by atoms with van der Waals surface area (Å²) in [6, 6.07) is 2.08. The molecular weight excluding hydrogens is 140 g/mol. The van der Waals surface area contributed by atoms with Crippen LogP contribution in [0, 0.1) is 0 Å². The van der Waals surface area contributed by atoms with Crippen molar-refractivity contribution < 1.29 is 4.74 Å². The van der Waals surface area contributed by atoms with E-state index in [2.05, 4.69) is 15.8 Å². The van der Waals surface area contributed by atoms with Crippen LogP contribution in [-0.2, 0) is 16.9 Å². The zero-order chi connectivity index (χ0) is 7.31. The molecule has 3 nitrogen and oxygen atoms in total. The molecule has 11 heavy (non-hydrogen) atoms. The van der Waals surface area contributed by atoms with Gasteiger partial charge in [0.2, 0.25) is 0 Å². The van der Waals surface area contributed by atoms with E-state index in [-0.39, 0.29) is 5.60 Å². The highest BCUT2D eigenvalue weighted by Gasteiger charge is 2.49. The van der Waals surface area contributed by atoms with Gasteiger partial charge in [-0.3, -0.25) is 4.68 Å². The van der Waals surface area contributed by atoms with E-state index < -0.39 is 0 Å². The number of fused-ring (bicyclic) bond motifs is 2. The molecule has 2 heterocycles. The Hall–Kier alpha value is -0.830. The summed E-state index contributed by atoms with van der Waals surface area (Å²) >= 11 is 0. The van der Waals surface area contributed by atoms with E-state index in [1.165, 1.54) is 18.5 Å². The lowest BCUT2D eigenvalue weighted by atomic mass is 10.2. The number of hydrogen-bond acceptors (Lipinski definition) is 2. The normalized spacial score (nSPS) is 25.1. The molecule has 0 atom stereocenters. The van der Waals surface area contributed by atoms with Gasteiger partial charge in [0.05, 0.1) is 18.8 Å². The molecule has 0 N–H and O–H groups in total. The molecule has 1 aliphatic carbocycles. The van der Waals surface area contributed by atoms with Crippen molar-refractivity contribution in [3.05, 3.63) is 18.0 Å². The first-order valence-electron chi connectivity index (χ1n) is 4.07. The van der Waals surface area contributed by atoms with Crippen molar-refractivity contribution >= 4 is 0 Å². The summed E-state index contributed by atoms with van der Waals surface area (Å²) in [6.07, 6.45) is 4.22. The van der Waals surface area contributed by atoms with Crippen LogP contribution >= 0.6 is 0 Å². The highest BCUT2D eigenvalue weighted by atomic mass is 16.5. The molecule has 0 radical (unpaired) electrons. The number of hydrogen-bond donors (Lipinski definition) is 0. The molecule has 1 saturated carbocycles. The highest BCUT2D eigenvalue weighted by Crippen LogP contribution is 2.50. The Morgan fingerprint density at radius 3 is 3.27 bits per heavy atom. The van der Waals surface area contributed by atoms with Crippen LogP contribution in [0.25, 0.3) is 0 Å². The number of nitrogens with zero attached hydrogens (tertiary/aromatic N) is 2. The third kappa shape index (κ3) is 0.639. The average molecular weight is 150 g/mol. The van der Waals surface area contributed by atoms with Gasteiger partial charge in [-0.2, -0.15) is 5.10 Å². The second-order valence-corrected chi connectivity index (χ2v) is 3.28. The molecule has 1 aliphatic heterocycles. The second kappa shape index (κ2) is 1.67. The molecule has 1 fully saturated rings. The van der Waals surface area contributed by atoms with Gasteiger partial charge < -0.3 is 4.74 Å². The number of rotatable bonds is 0. The van der Waals surface area contributed by atoms with Crippen LogP contribution in [-0.4, -0.2) is 16.4 Å². The van der Waals surface area contributed by atoms with Crippen LogP contribution < -0.4 is 0 Å². The van der Waals surface area contributed by atoms with Gasteiger partial charge in [0.15, 0.2) is 0 Å². The molecule has 0 saturated heterocycles. The molecule has 58 valence electrons. The largest absolute Gasteiger partial charge is 0.367 e. The highest BCUT2D eigenvalue weighted by molar-refractivity contribution is 5.20. The van der Waals surface area contributed by atoms with E-state index in [4.69, 9.17) is 4.74 Å². The van der Waals surface area contributed by atoms with Gasteiger partial charge in [-0.25, -0.2) is 0 Å². The van der Waals surface area contributed by atoms with Gasteiger partial charge in [-0.05, 0) is 18.9 Å². The summed E-state index contributed by atoms with van der Waals surface area (Å²) in [7, 11) is 0. The standard InChI is InChI=1S/C8H10N2O/c1-4-9-10-5-6-11-8(2-3-8)7(1)10/h1,4H,2-3,5-6H2. The SMILES string of the molecule is c1cc2n(n1)CCOC21CC1. The minimum atomic E-state index is 0.0920. The third-order valence-electron chi connectivity index (χ3n) is 2.57. The molecule has 1 aromatic heterocycles. The summed E-state index contributed by atoms with van der Waals surface area (Å²) in [4.78, 5) is 0. The maximum atomic E-state index is 5.70. The Kier molecular flexibility index (Phi) is 0.874. The van der Waals surface area contributed by atoms with Crippen molar-refractivity contribution in [3.63, 3.8) is 0 Å². The first kappa shape index (κ1) is 5.77. The number of aromatic nitrogens is 2. The zero-order valence-electron chi connectivity index (χ0n) is 6.29. The maximum absolute atomic E-state index is 5.70. The molecule has 1 spiro atoms. The fourth-order valence-corrected chi connectivity index (χ4v) is 1.81. The Morgan fingerprint density at radius 2 is 2.45 bits per heavy atom. The van der Waals surface area contributed by atoms with Crippen LogP contribution in [0.4, 0.5) is 0 Å². The van der Waals surface area contributed by atoms with Crippen LogP contribution in [0.15, 0.2) is 12.3 Å². The van der Waals surface area contributed by atoms with Crippen LogP contribution in [0.3, 0.4) is 0 Å². The Labute approximate surface area is 65.0 Å². The monoisotopic (exact) mass is 150 g/mol. The fraction of sp³-hybridized carbons (Fsp3) is 0.625. The molecule has 0 amide bonds. The summed E-state index contributed by atoms with van der Waals surface area (Å²) in [5.74, 6) is 0. The lowest BCUT2D eigenvalue weighted by Gasteiger charge is -2.23. The molecule has 3 heteroatoms. The average Bonchev–Trinajstić information content (AvgIpc) is 2.63. The summed E-state index contributed by atoms with van der Waals surface area (Å²) in [5.41, 5.74) is 1.37. The van der Waals surface area contributed by atoms with Crippen LogP contribution in [0.2, 0.25) is 0 Å². The Morgan fingerprint density at radius 1 is 1.55 bits per heavy atom. The van der Waals surface area contributed by atoms with Crippen LogP contribution in [0.5, 0.6) is 0 Å². The quantitative estimate of drug-likeness (QED) is 0.549. The lowest BCUT2D eigenvalue weighted by molar-refractivity contribution is -0.00504. The zero-order valence-corrected chi connectivity index (χ0v) is 6.29. The van der Waals surface area contributed by atoms with E-state index in [9.17, 15) is 0 Å². The van der Waals surface area contributed by atoms with Gasteiger partial charge in [-0.15, -0.1) is 0 Å². The molecule has 0 bridgehead atoms. The van der Waals surface area contributed by atoms with Crippen LogP contribution in [0.1, 0.15) is 18.5 Å². The predicted molar refractivity (Wildman–Crippen MR) is 39.1 cm³/mol. The molecule has 1 aromatic rings. The fourth-order valence-electron chi connectivity index (χ4n) is 1.81. The van der Waals surface area contributed by atoms with Crippen molar-refractivity contribution in [1.29, 1.82) is 0 Å². The van der Waals surface area contributed by atoms with Crippen molar-refractivity contribution in [2.45, 2.75) is 25.0 Å².